The van der Waals surface area contributed by atoms with E-state index in [0.717, 1.165) is 29.7 Å². The molecule has 7 heteroatoms. The van der Waals surface area contributed by atoms with Crippen molar-refractivity contribution in [3.63, 3.8) is 0 Å². The fraction of sp³-hybridized carbons (Fsp3) is 0.200. The molecule has 2 aromatic rings. The largest absolute Gasteiger partial charge is 0.365 e. The number of halogens is 1. The maximum absolute atomic E-state index is 12.1. The second-order valence-electron chi connectivity index (χ2n) is 5.02. The van der Waals surface area contributed by atoms with Gasteiger partial charge in [0.25, 0.3) is 5.91 Å². The number of fused-ring (bicyclic) bond motifs is 1. The molecule has 0 bridgehead atoms. The molecule has 0 aliphatic heterocycles. The molecule has 22 heavy (non-hydrogen) atoms. The molecule has 0 unspecified atom stereocenters. The van der Waals surface area contributed by atoms with Gasteiger partial charge >= 0.3 is 6.03 Å². The first-order valence-electron chi connectivity index (χ1n) is 6.82. The maximum atomic E-state index is 12.1. The Balaban J connectivity index is 1.78. The molecule has 3 amide bonds. The number of nitrogens with one attached hydrogen (secondary N) is 2. The Morgan fingerprint density at radius 3 is 2.77 bits per heavy atom. The molecule has 1 heterocycles. The van der Waals surface area contributed by atoms with E-state index in [-0.39, 0.29) is 0 Å². The van der Waals surface area contributed by atoms with Crippen LogP contribution in [0.4, 0.5) is 15.5 Å². The van der Waals surface area contributed by atoms with E-state index in [9.17, 15) is 9.59 Å². The lowest BCUT2D eigenvalue weighted by molar-refractivity contribution is 0.100. The minimum atomic E-state index is -0.502. The molecule has 0 spiro atoms. The Bertz CT molecular complexity index is 757. The van der Waals surface area contributed by atoms with Crippen LogP contribution in [0.3, 0.4) is 0 Å². The van der Waals surface area contributed by atoms with Crippen LogP contribution in [0, 0.1) is 0 Å². The minimum absolute atomic E-state index is 0.426. The molecule has 1 aliphatic carbocycles. The Labute approximate surface area is 136 Å². The first-order chi connectivity index (χ1) is 10.5. The molecule has 3 rings (SSSR count). The SMILES string of the molecule is NC(=O)c1c(NC(=O)Nc2cccc(Cl)c2)sc2c1CCC2. The lowest BCUT2D eigenvalue weighted by Gasteiger charge is -2.08. The van der Waals surface area contributed by atoms with Gasteiger partial charge < -0.3 is 11.1 Å². The fourth-order valence-corrected chi connectivity index (χ4v) is 4.06. The van der Waals surface area contributed by atoms with Crippen molar-refractivity contribution in [1.29, 1.82) is 0 Å². The van der Waals surface area contributed by atoms with Crippen LogP contribution >= 0.6 is 22.9 Å². The summed E-state index contributed by atoms with van der Waals surface area (Å²) < 4.78 is 0. The Morgan fingerprint density at radius 2 is 2.05 bits per heavy atom. The van der Waals surface area contributed by atoms with Gasteiger partial charge in [-0.05, 0) is 43.0 Å². The normalized spacial score (nSPS) is 12.8. The summed E-state index contributed by atoms with van der Waals surface area (Å²) in [4.78, 5) is 24.9. The van der Waals surface area contributed by atoms with E-state index in [1.54, 1.807) is 24.3 Å². The van der Waals surface area contributed by atoms with E-state index in [1.165, 1.54) is 11.3 Å². The highest BCUT2D eigenvalue weighted by Gasteiger charge is 2.26. The van der Waals surface area contributed by atoms with E-state index in [2.05, 4.69) is 10.6 Å². The van der Waals surface area contributed by atoms with Gasteiger partial charge in [0.15, 0.2) is 0 Å². The summed E-state index contributed by atoms with van der Waals surface area (Å²) in [5.41, 5.74) is 7.46. The number of carbonyl (C=O) groups excluding carboxylic acids is 2. The van der Waals surface area contributed by atoms with Crippen molar-refractivity contribution in [2.24, 2.45) is 5.73 Å². The number of amides is 3. The lowest BCUT2D eigenvalue weighted by atomic mass is 10.1. The number of benzene rings is 1. The van der Waals surface area contributed by atoms with Crippen LogP contribution in [0.1, 0.15) is 27.2 Å². The third-order valence-electron chi connectivity index (χ3n) is 3.48. The number of hydrogen-bond acceptors (Lipinski definition) is 3. The molecule has 1 aromatic carbocycles. The number of urea groups is 1. The van der Waals surface area contributed by atoms with Crippen molar-refractivity contribution in [3.8, 4) is 0 Å². The second-order valence-corrected chi connectivity index (χ2v) is 6.56. The monoisotopic (exact) mass is 335 g/mol. The third-order valence-corrected chi connectivity index (χ3v) is 4.92. The lowest BCUT2D eigenvalue weighted by Crippen LogP contribution is -2.21. The topological polar surface area (TPSA) is 84.2 Å². The third kappa shape index (κ3) is 2.93. The second kappa shape index (κ2) is 5.98. The number of carbonyl (C=O) groups is 2. The van der Waals surface area contributed by atoms with Crippen LogP contribution in [0.2, 0.25) is 5.02 Å². The molecule has 0 atom stereocenters. The van der Waals surface area contributed by atoms with E-state index in [1.807, 2.05) is 0 Å². The number of anilines is 2. The van der Waals surface area contributed by atoms with Gasteiger partial charge in [0, 0.05) is 15.6 Å². The molecule has 0 radical (unpaired) electrons. The Morgan fingerprint density at radius 1 is 1.23 bits per heavy atom. The van der Waals surface area contributed by atoms with Gasteiger partial charge in [-0.2, -0.15) is 0 Å². The molecule has 1 aromatic heterocycles. The van der Waals surface area contributed by atoms with E-state index >= 15 is 0 Å². The molecule has 0 saturated carbocycles. The molecular formula is C15H14ClN3O2S. The van der Waals surface area contributed by atoms with E-state index < -0.39 is 11.9 Å². The number of rotatable bonds is 3. The van der Waals surface area contributed by atoms with Crippen molar-refractivity contribution in [2.75, 3.05) is 10.6 Å². The summed E-state index contributed by atoms with van der Waals surface area (Å²) in [6.07, 6.45) is 2.79. The molecule has 0 fully saturated rings. The summed E-state index contributed by atoms with van der Waals surface area (Å²) in [6, 6.07) is 6.41. The Hall–Kier alpha value is -2.05. The number of thiophene rings is 1. The van der Waals surface area contributed by atoms with Gasteiger partial charge in [0.1, 0.15) is 5.00 Å². The average molecular weight is 336 g/mol. The van der Waals surface area contributed by atoms with Crippen LogP contribution in [0.15, 0.2) is 24.3 Å². The van der Waals surface area contributed by atoms with Crippen molar-refractivity contribution in [2.45, 2.75) is 19.3 Å². The van der Waals surface area contributed by atoms with Crippen molar-refractivity contribution < 1.29 is 9.59 Å². The van der Waals surface area contributed by atoms with E-state index in [4.69, 9.17) is 17.3 Å². The molecule has 114 valence electrons. The zero-order chi connectivity index (χ0) is 15.7. The highest BCUT2D eigenvalue weighted by Crippen LogP contribution is 2.38. The number of primary amides is 1. The number of aryl methyl sites for hydroxylation is 1. The summed E-state index contributed by atoms with van der Waals surface area (Å²) in [6.45, 7) is 0. The van der Waals surface area contributed by atoms with Crippen LogP contribution in [0.5, 0.6) is 0 Å². The fourth-order valence-electron chi connectivity index (χ4n) is 2.58. The van der Waals surface area contributed by atoms with Gasteiger partial charge in [-0.3, -0.25) is 10.1 Å². The van der Waals surface area contributed by atoms with Crippen LogP contribution < -0.4 is 16.4 Å². The van der Waals surface area contributed by atoms with Crippen molar-refractivity contribution in [1.82, 2.24) is 0 Å². The molecular weight excluding hydrogens is 322 g/mol. The van der Waals surface area contributed by atoms with Gasteiger partial charge in [0.05, 0.1) is 5.56 Å². The summed E-state index contributed by atoms with van der Waals surface area (Å²) >= 11 is 7.30. The minimum Gasteiger partial charge on any atom is -0.365 e. The van der Waals surface area contributed by atoms with Crippen molar-refractivity contribution in [3.05, 3.63) is 45.3 Å². The summed E-state index contributed by atoms with van der Waals surface area (Å²) in [5, 5.41) is 6.44. The highest BCUT2D eigenvalue weighted by molar-refractivity contribution is 7.17. The molecule has 4 N–H and O–H groups in total. The van der Waals surface area contributed by atoms with Crippen LogP contribution in [-0.2, 0) is 12.8 Å². The van der Waals surface area contributed by atoms with E-state index in [0.29, 0.717) is 21.3 Å². The quantitative estimate of drug-likeness (QED) is 0.800. The maximum Gasteiger partial charge on any atom is 0.324 e. The first kappa shape index (κ1) is 14.9. The smallest absolute Gasteiger partial charge is 0.324 e. The van der Waals surface area contributed by atoms with Crippen molar-refractivity contribution >= 4 is 45.6 Å². The average Bonchev–Trinajstić information content (AvgIpc) is 2.97. The predicted molar refractivity (Wildman–Crippen MR) is 89.0 cm³/mol. The van der Waals surface area contributed by atoms with Gasteiger partial charge in [-0.25, -0.2) is 4.79 Å². The zero-order valence-corrected chi connectivity index (χ0v) is 13.2. The molecule has 1 aliphatic rings. The highest BCUT2D eigenvalue weighted by atomic mass is 35.5. The predicted octanol–water partition coefficient (Wildman–Crippen LogP) is 3.63. The van der Waals surface area contributed by atoms with Gasteiger partial charge in [-0.15, -0.1) is 11.3 Å². The number of nitrogens with two attached hydrogens (primary N) is 1. The zero-order valence-electron chi connectivity index (χ0n) is 11.6. The van der Waals surface area contributed by atoms with Gasteiger partial charge in [0.2, 0.25) is 0 Å². The van der Waals surface area contributed by atoms with Gasteiger partial charge in [-0.1, -0.05) is 17.7 Å². The standard InChI is InChI=1S/C15H14ClN3O2S/c16-8-3-1-4-9(7-8)18-15(21)19-14-12(13(17)20)10-5-2-6-11(10)22-14/h1,3-4,7H,2,5-6H2,(H2,17,20)(H2,18,19,21). The van der Waals surface area contributed by atoms with Crippen LogP contribution in [-0.4, -0.2) is 11.9 Å². The summed E-state index contributed by atoms with van der Waals surface area (Å²) in [5.74, 6) is -0.502. The number of hydrogen-bond donors (Lipinski definition) is 3. The Kier molecular flexibility index (Phi) is 4.04. The van der Waals surface area contributed by atoms with Crippen LogP contribution in [0.25, 0.3) is 0 Å². The first-order valence-corrected chi connectivity index (χ1v) is 8.02. The summed E-state index contributed by atoms with van der Waals surface area (Å²) in [7, 11) is 0. The molecule has 0 saturated heterocycles. The molecule has 5 nitrogen and oxygen atoms in total.